The first-order chi connectivity index (χ1) is 10.6. The zero-order chi connectivity index (χ0) is 15.2. The summed E-state index contributed by atoms with van der Waals surface area (Å²) >= 11 is 0. The van der Waals surface area contributed by atoms with Crippen molar-refractivity contribution in [3.05, 3.63) is 64.7 Å². The van der Waals surface area contributed by atoms with Crippen molar-refractivity contribution in [3.63, 3.8) is 0 Å². The molecule has 0 amide bonds. The second kappa shape index (κ2) is 5.21. The summed E-state index contributed by atoms with van der Waals surface area (Å²) in [6.45, 7) is 0.483. The van der Waals surface area contributed by atoms with Gasteiger partial charge in [0.1, 0.15) is 0 Å². The van der Waals surface area contributed by atoms with E-state index in [1.165, 1.54) is 22.3 Å². The van der Waals surface area contributed by atoms with E-state index >= 15 is 0 Å². The van der Waals surface area contributed by atoms with Crippen molar-refractivity contribution >= 4 is 10.0 Å². The van der Waals surface area contributed by atoms with Crippen molar-refractivity contribution in [1.82, 2.24) is 4.72 Å². The van der Waals surface area contributed by atoms with Gasteiger partial charge in [-0.3, -0.25) is 0 Å². The van der Waals surface area contributed by atoms with E-state index in [1.54, 1.807) is 6.07 Å². The van der Waals surface area contributed by atoms with Gasteiger partial charge in [0.25, 0.3) is 0 Å². The van der Waals surface area contributed by atoms with Crippen LogP contribution in [-0.4, -0.2) is 15.0 Å². The Bertz CT molecular complexity index is 827. The molecule has 22 heavy (non-hydrogen) atoms. The van der Waals surface area contributed by atoms with Crippen LogP contribution >= 0.6 is 0 Å². The first-order valence-electron chi connectivity index (χ1n) is 7.83. The molecule has 1 atom stereocenters. The highest BCUT2D eigenvalue weighted by Crippen LogP contribution is 2.34. The van der Waals surface area contributed by atoms with E-state index < -0.39 is 10.0 Å². The van der Waals surface area contributed by atoms with Crippen LogP contribution in [0.4, 0.5) is 0 Å². The number of fused-ring (bicyclic) bond motifs is 2. The quantitative estimate of drug-likeness (QED) is 0.943. The SMILES string of the molecule is O=S(=O)(NCC1Cc2ccccc21)c1ccc2c(c1)CCC2. The van der Waals surface area contributed by atoms with Gasteiger partial charge in [0, 0.05) is 12.5 Å². The normalized spacial score (nSPS) is 19.4. The molecule has 0 heterocycles. The number of rotatable bonds is 4. The minimum Gasteiger partial charge on any atom is -0.211 e. The average Bonchev–Trinajstić information content (AvgIpc) is 2.95. The fourth-order valence-electron chi connectivity index (χ4n) is 3.55. The third-order valence-electron chi connectivity index (χ3n) is 4.86. The molecule has 0 aliphatic heterocycles. The van der Waals surface area contributed by atoms with Gasteiger partial charge in [-0.15, -0.1) is 0 Å². The molecule has 3 nitrogen and oxygen atoms in total. The summed E-state index contributed by atoms with van der Waals surface area (Å²) in [7, 11) is -3.41. The molecular weight excluding hydrogens is 294 g/mol. The van der Waals surface area contributed by atoms with Gasteiger partial charge in [0.15, 0.2) is 0 Å². The summed E-state index contributed by atoms with van der Waals surface area (Å²) in [4.78, 5) is 0.403. The predicted octanol–water partition coefficient (Wildman–Crippen LogP) is 2.79. The zero-order valence-corrected chi connectivity index (χ0v) is 13.2. The molecule has 2 aliphatic carbocycles. The molecule has 2 aromatic rings. The first-order valence-corrected chi connectivity index (χ1v) is 9.31. The average molecular weight is 313 g/mol. The summed E-state index contributed by atoms with van der Waals surface area (Å²) in [5, 5.41) is 0. The van der Waals surface area contributed by atoms with Crippen molar-refractivity contribution in [2.24, 2.45) is 0 Å². The van der Waals surface area contributed by atoms with Crippen LogP contribution in [0.25, 0.3) is 0 Å². The van der Waals surface area contributed by atoms with Crippen LogP contribution in [0, 0.1) is 0 Å². The van der Waals surface area contributed by atoms with Crippen LogP contribution in [0.3, 0.4) is 0 Å². The zero-order valence-electron chi connectivity index (χ0n) is 12.4. The maximum Gasteiger partial charge on any atom is 0.240 e. The third-order valence-corrected chi connectivity index (χ3v) is 6.28. The van der Waals surface area contributed by atoms with Crippen molar-refractivity contribution in [3.8, 4) is 0 Å². The number of hydrogen-bond donors (Lipinski definition) is 1. The van der Waals surface area contributed by atoms with Crippen molar-refractivity contribution in [1.29, 1.82) is 0 Å². The van der Waals surface area contributed by atoms with E-state index in [1.807, 2.05) is 24.3 Å². The van der Waals surface area contributed by atoms with Crippen molar-refractivity contribution < 1.29 is 8.42 Å². The molecule has 0 saturated carbocycles. The van der Waals surface area contributed by atoms with Gasteiger partial charge in [-0.1, -0.05) is 30.3 Å². The Morgan fingerprint density at radius 3 is 2.68 bits per heavy atom. The highest BCUT2D eigenvalue weighted by molar-refractivity contribution is 7.89. The van der Waals surface area contributed by atoms with Gasteiger partial charge in [-0.25, -0.2) is 13.1 Å². The minimum absolute atomic E-state index is 0.306. The first kappa shape index (κ1) is 14.0. The maximum atomic E-state index is 12.5. The van der Waals surface area contributed by atoms with Crippen molar-refractivity contribution in [2.75, 3.05) is 6.54 Å². The van der Waals surface area contributed by atoms with Crippen LogP contribution in [0.5, 0.6) is 0 Å². The molecule has 4 heteroatoms. The van der Waals surface area contributed by atoms with E-state index in [0.29, 0.717) is 17.4 Å². The number of benzene rings is 2. The molecule has 0 bridgehead atoms. The minimum atomic E-state index is -3.41. The Morgan fingerprint density at radius 1 is 1.00 bits per heavy atom. The lowest BCUT2D eigenvalue weighted by Crippen LogP contribution is -2.33. The number of aryl methyl sites for hydroxylation is 2. The number of hydrogen-bond acceptors (Lipinski definition) is 2. The molecule has 1 N–H and O–H groups in total. The molecule has 0 radical (unpaired) electrons. The topological polar surface area (TPSA) is 46.2 Å². The van der Waals surface area contributed by atoms with Crippen LogP contribution in [-0.2, 0) is 29.3 Å². The summed E-state index contributed by atoms with van der Waals surface area (Å²) in [6, 6.07) is 13.8. The van der Waals surface area contributed by atoms with Gasteiger partial charge in [-0.2, -0.15) is 0 Å². The highest BCUT2D eigenvalue weighted by Gasteiger charge is 2.27. The molecule has 0 spiro atoms. The Labute approximate surface area is 131 Å². The van der Waals surface area contributed by atoms with Gasteiger partial charge in [0.05, 0.1) is 4.90 Å². The molecule has 4 rings (SSSR count). The Balaban J connectivity index is 1.49. The monoisotopic (exact) mass is 313 g/mol. The second-order valence-corrected chi connectivity index (χ2v) is 8.00. The molecule has 0 aromatic heterocycles. The van der Waals surface area contributed by atoms with E-state index in [9.17, 15) is 8.42 Å². The predicted molar refractivity (Wildman–Crippen MR) is 86.5 cm³/mol. The molecule has 0 fully saturated rings. The molecule has 2 aromatic carbocycles. The molecule has 1 unspecified atom stereocenters. The highest BCUT2D eigenvalue weighted by atomic mass is 32.2. The Morgan fingerprint density at radius 2 is 1.82 bits per heavy atom. The fraction of sp³-hybridized carbons (Fsp3) is 0.333. The van der Waals surface area contributed by atoms with E-state index in [-0.39, 0.29) is 0 Å². The van der Waals surface area contributed by atoms with Gasteiger partial charge < -0.3 is 0 Å². The number of sulfonamides is 1. The largest absolute Gasteiger partial charge is 0.240 e. The van der Waals surface area contributed by atoms with Crippen LogP contribution in [0.15, 0.2) is 47.4 Å². The van der Waals surface area contributed by atoms with Gasteiger partial charge in [0.2, 0.25) is 10.0 Å². The van der Waals surface area contributed by atoms with Crippen LogP contribution < -0.4 is 4.72 Å². The number of nitrogens with one attached hydrogen (secondary N) is 1. The maximum absolute atomic E-state index is 12.5. The summed E-state index contributed by atoms with van der Waals surface area (Å²) < 4.78 is 27.7. The lowest BCUT2D eigenvalue weighted by molar-refractivity contribution is 0.552. The van der Waals surface area contributed by atoms with Crippen LogP contribution in [0.2, 0.25) is 0 Å². The van der Waals surface area contributed by atoms with E-state index in [4.69, 9.17) is 0 Å². The smallest absolute Gasteiger partial charge is 0.211 e. The fourth-order valence-corrected chi connectivity index (χ4v) is 4.69. The Kier molecular flexibility index (Phi) is 3.31. The van der Waals surface area contributed by atoms with Crippen molar-refractivity contribution in [2.45, 2.75) is 36.5 Å². The van der Waals surface area contributed by atoms with Gasteiger partial charge >= 0.3 is 0 Å². The molecule has 0 saturated heterocycles. The van der Waals surface area contributed by atoms with Gasteiger partial charge in [-0.05, 0) is 60.1 Å². The van der Waals surface area contributed by atoms with E-state index in [0.717, 1.165) is 25.7 Å². The summed E-state index contributed by atoms with van der Waals surface area (Å²) in [5.41, 5.74) is 5.10. The standard InChI is InChI=1S/C18H19NO2S/c20-22(21,17-9-8-13-5-3-6-14(13)11-17)19-12-16-10-15-4-1-2-7-18(15)16/h1-2,4,7-9,11,16,19H,3,5-6,10,12H2. The Hall–Kier alpha value is -1.65. The van der Waals surface area contributed by atoms with E-state index in [2.05, 4.69) is 16.9 Å². The third kappa shape index (κ3) is 2.36. The lowest BCUT2D eigenvalue weighted by Gasteiger charge is -2.30. The molecule has 114 valence electrons. The molecular formula is C18H19NO2S. The summed E-state index contributed by atoms with van der Waals surface area (Å²) in [5.74, 6) is 0.306. The second-order valence-electron chi connectivity index (χ2n) is 6.24. The lowest BCUT2D eigenvalue weighted by atomic mass is 9.78. The molecule has 2 aliphatic rings. The summed E-state index contributed by atoms with van der Waals surface area (Å²) in [6.07, 6.45) is 4.16. The van der Waals surface area contributed by atoms with Crippen LogP contribution in [0.1, 0.15) is 34.6 Å².